The zero-order valence-electron chi connectivity index (χ0n) is 11.7. The van der Waals surface area contributed by atoms with Crippen LogP contribution in [0.3, 0.4) is 0 Å². The Hall–Kier alpha value is -2.08. The van der Waals surface area contributed by atoms with E-state index in [0.717, 1.165) is 5.56 Å². The second-order valence-corrected chi connectivity index (χ2v) is 4.99. The number of hydrogen-bond acceptors (Lipinski definition) is 6. The molecule has 0 amide bonds. The molecule has 0 saturated heterocycles. The molecule has 6 heteroatoms. The van der Waals surface area contributed by atoms with E-state index in [1.165, 1.54) is 18.4 Å². The van der Waals surface area contributed by atoms with Gasteiger partial charge >= 0.3 is 5.97 Å². The van der Waals surface area contributed by atoms with E-state index >= 15 is 0 Å². The second-order valence-electron chi connectivity index (χ2n) is 3.99. The largest absolute Gasteiger partial charge is 0.497 e. The molecule has 1 aromatic heterocycles. The number of thiazole rings is 1. The molecule has 0 spiro atoms. The number of hydrogen-bond donors (Lipinski definition) is 0. The van der Waals surface area contributed by atoms with Crippen LogP contribution in [0.2, 0.25) is 0 Å². The molecule has 2 aromatic rings. The standard InChI is InChI=1S/C14H15NO4S/c1-8-12(14(16)19-4)20-13(15-8)10-6-5-9(17-2)7-11(10)18-3/h5-7H,1-4H3. The van der Waals surface area contributed by atoms with Crippen molar-refractivity contribution in [1.29, 1.82) is 0 Å². The lowest BCUT2D eigenvalue weighted by molar-refractivity contribution is 0.0605. The van der Waals surface area contributed by atoms with Gasteiger partial charge in [-0.15, -0.1) is 11.3 Å². The van der Waals surface area contributed by atoms with E-state index in [1.807, 2.05) is 12.1 Å². The van der Waals surface area contributed by atoms with Crippen molar-refractivity contribution < 1.29 is 19.0 Å². The van der Waals surface area contributed by atoms with Crippen LogP contribution in [0.15, 0.2) is 18.2 Å². The maximum absolute atomic E-state index is 11.6. The monoisotopic (exact) mass is 293 g/mol. The molecule has 1 heterocycles. The number of methoxy groups -OCH3 is 3. The van der Waals surface area contributed by atoms with Gasteiger partial charge in [0.25, 0.3) is 0 Å². The van der Waals surface area contributed by atoms with Crippen molar-refractivity contribution in [2.24, 2.45) is 0 Å². The summed E-state index contributed by atoms with van der Waals surface area (Å²) >= 11 is 1.28. The summed E-state index contributed by atoms with van der Waals surface area (Å²) in [7, 11) is 4.53. The van der Waals surface area contributed by atoms with Gasteiger partial charge in [0.15, 0.2) is 0 Å². The average molecular weight is 293 g/mol. The van der Waals surface area contributed by atoms with Gasteiger partial charge in [0, 0.05) is 6.07 Å². The number of ether oxygens (including phenoxy) is 3. The van der Waals surface area contributed by atoms with E-state index < -0.39 is 0 Å². The van der Waals surface area contributed by atoms with Crippen LogP contribution in [-0.2, 0) is 4.74 Å². The molecule has 106 valence electrons. The Kier molecular flexibility index (Phi) is 4.24. The van der Waals surface area contributed by atoms with E-state index in [0.29, 0.717) is 27.1 Å². The summed E-state index contributed by atoms with van der Waals surface area (Å²) in [6.45, 7) is 1.78. The first-order chi connectivity index (χ1) is 9.60. The molecule has 0 bridgehead atoms. The van der Waals surface area contributed by atoms with Crippen LogP contribution in [0.1, 0.15) is 15.4 Å². The number of benzene rings is 1. The van der Waals surface area contributed by atoms with Gasteiger partial charge in [0.05, 0.1) is 32.6 Å². The summed E-state index contributed by atoms with van der Waals surface area (Å²) in [5.74, 6) is 0.973. The maximum Gasteiger partial charge on any atom is 0.349 e. The number of nitrogens with zero attached hydrogens (tertiary/aromatic N) is 1. The SMILES string of the molecule is COC(=O)c1sc(-c2ccc(OC)cc2OC)nc1C. The first-order valence-electron chi connectivity index (χ1n) is 5.88. The maximum atomic E-state index is 11.6. The highest BCUT2D eigenvalue weighted by Crippen LogP contribution is 2.36. The number of aryl methyl sites for hydroxylation is 1. The van der Waals surface area contributed by atoms with Gasteiger partial charge in [0.2, 0.25) is 0 Å². The van der Waals surface area contributed by atoms with Gasteiger partial charge in [0.1, 0.15) is 21.4 Å². The second kappa shape index (κ2) is 5.92. The molecule has 0 unspecified atom stereocenters. The van der Waals surface area contributed by atoms with Crippen molar-refractivity contribution in [3.8, 4) is 22.1 Å². The number of esters is 1. The Morgan fingerprint density at radius 3 is 2.55 bits per heavy atom. The highest BCUT2D eigenvalue weighted by molar-refractivity contribution is 7.17. The van der Waals surface area contributed by atoms with Gasteiger partial charge < -0.3 is 14.2 Å². The summed E-state index contributed by atoms with van der Waals surface area (Å²) in [4.78, 5) is 16.5. The third-order valence-corrected chi connectivity index (χ3v) is 3.98. The Morgan fingerprint density at radius 2 is 1.95 bits per heavy atom. The zero-order chi connectivity index (χ0) is 14.7. The quantitative estimate of drug-likeness (QED) is 0.811. The number of carbonyl (C=O) groups excluding carboxylic acids is 1. The predicted molar refractivity (Wildman–Crippen MR) is 76.7 cm³/mol. The highest BCUT2D eigenvalue weighted by atomic mass is 32.1. The smallest absolute Gasteiger partial charge is 0.349 e. The van der Waals surface area contributed by atoms with E-state index in [-0.39, 0.29) is 5.97 Å². The molecule has 0 aliphatic heterocycles. The summed E-state index contributed by atoms with van der Waals surface area (Å²) in [5.41, 5.74) is 1.46. The van der Waals surface area contributed by atoms with Crippen LogP contribution in [0.25, 0.3) is 10.6 Å². The van der Waals surface area contributed by atoms with Crippen LogP contribution < -0.4 is 9.47 Å². The van der Waals surface area contributed by atoms with Gasteiger partial charge in [-0.05, 0) is 19.1 Å². The van der Waals surface area contributed by atoms with Gasteiger partial charge in [-0.3, -0.25) is 0 Å². The number of carbonyl (C=O) groups is 1. The van der Waals surface area contributed by atoms with Crippen LogP contribution in [0, 0.1) is 6.92 Å². The van der Waals surface area contributed by atoms with Crippen molar-refractivity contribution in [1.82, 2.24) is 4.98 Å². The van der Waals surface area contributed by atoms with Crippen molar-refractivity contribution in [2.75, 3.05) is 21.3 Å². The molecule has 2 rings (SSSR count). The molecule has 5 nitrogen and oxygen atoms in total. The van der Waals surface area contributed by atoms with Crippen LogP contribution in [-0.4, -0.2) is 32.3 Å². The highest BCUT2D eigenvalue weighted by Gasteiger charge is 2.18. The average Bonchev–Trinajstić information content (AvgIpc) is 2.87. The molecule has 0 saturated carbocycles. The first-order valence-corrected chi connectivity index (χ1v) is 6.70. The van der Waals surface area contributed by atoms with Gasteiger partial charge in [-0.2, -0.15) is 0 Å². The lowest BCUT2D eigenvalue weighted by Crippen LogP contribution is -1.99. The summed E-state index contributed by atoms with van der Waals surface area (Å²) < 4.78 is 15.2. The minimum absolute atomic E-state index is 0.376. The summed E-state index contributed by atoms with van der Waals surface area (Å²) in [5, 5.41) is 0.711. The van der Waals surface area contributed by atoms with Crippen LogP contribution in [0.5, 0.6) is 11.5 Å². The van der Waals surface area contributed by atoms with Crippen LogP contribution in [0.4, 0.5) is 0 Å². The van der Waals surface area contributed by atoms with E-state index in [2.05, 4.69) is 4.98 Å². The Labute approximate surface area is 121 Å². The molecule has 0 radical (unpaired) electrons. The molecule has 20 heavy (non-hydrogen) atoms. The molecule has 1 aromatic carbocycles. The molecule has 0 N–H and O–H groups in total. The third-order valence-electron chi connectivity index (χ3n) is 2.81. The third kappa shape index (κ3) is 2.60. The molecule has 0 aliphatic carbocycles. The fourth-order valence-electron chi connectivity index (χ4n) is 1.77. The van der Waals surface area contributed by atoms with Gasteiger partial charge in [-0.25, -0.2) is 9.78 Å². The van der Waals surface area contributed by atoms with E-state index in [4.69, 9.17) is 14.2 Å². The normalized spacial score (nSPS) is 10.2. The first kappa shape index (κ1) is 14.3. The summed E-state index contributed by atoms with van der Waals surface area (Å²) in [6, 6.07) is 5.47. The fraction of sp³-hybridized carbons (Fsp3) is 0.286. The Morgan fingerprint density at radius 1 is 1.20 bits per heavy atom. The van der Waals surface area contributed by atoms with Crippen molar-refractivity contribution in [3.63, 3.8) is 0 Å². The van der Waals surface area contributed by atoms with Crippen LogP contribution >= 0.6 is 11.3 Å². The Balaban J connectivity index is 2.49. The molecule has 0 atom stereocenters. The van der Waals surface area contributed by atoms with Crippen molar-refractivity contribution in [2.45, 2.75) is 6.92 Å². The Bertz CT molecular complexity index is 636. The van der Waals surface area contributed by atoms with Crippen molar-refractivity contribution in [3.05, 3.63) is 28.8 Å². The zero-order valence-corrected chi connectivity index (χ0v) is 12.5. The number of rotatable bonds is 4. The summed E-state index contributed by atoms with van der Waals surface area (Å²) in [6.07, 6.45) is 0. The van der Waals surface area contributed by atoms with Crippen molar-refractivity contribution >= 4 is 17.3 Å². The number of aromatic nitrogens is 1. The fourth-order valence-corrected chi connectivity index (χ4v) is 2.78. The molecular weight excluding hydrogens is 278 g/mol. The van der Waals surface area contributed by atoms with E-state index in [9.17, 15) is 4.79 Å². The van der Waals surface area contributed by atoms with E-state index in [1.54, 1.807) is 27.2 Å². The predicted octanol–water partition coefficient (Wildman–Crippen LogP) is 2.92. The minimum Gasteiger partial charge on any atom is -0.497 e. The minimum atomic E-state index is -0.376. The molecule has 0 aliphatic rings. The van der Waals surface area contributed by atoms with Gasteiger partial charge in [-0.1, -0.05) is 0 Å². The molecular formula is C14H15NO4S. The lowest BCUT2D eigenvalue weighted by Gasteiger charge is -2.08. The molecule has 0 fully saturated rings. The topological polar surface area (TPSA) is 57.7 Å². The lowest BCUT2D eigenvalue weighted by atomic mass is 10.2.